The molecule has 2 amide bonds. The van der Waals surface area contributed by atoms with Crippen LogP contribution in [0.25, 0.3) is 0 Å². The number of carbonyl (C=O) groups excluding carboxylic acids is 1. The fourth-order valence-corrected chi connectivity index (χ4v) is 2.32. The summed E-state index contributed by atoms with van der Waals surface area (Å²) in [5.41, 5.74) is 0.680. The molecule has 1 aromatic rings. The largest absolute Gasteiger partial charge is 0.325 e. The predicted molar refractivity (Wildman–Crippen MR) is 68.3 cm³/mol. The number of aromatic nitrogens is 1. The van der Waals surface area contributed by atoms with E-state index in [2.05, 4.69) is 10.3 Å². The van der Waals surface area contributed by atoms with Crippen LogP contribution >= 0.6 is 11.6 Å². The molecule has 17 heavy (non-hydrogen) atoms. The molecule has 4 nitrogen and oxygen atoms in total. The van der Waals surface area contributed by atoms with E-state index in [1.165, 1.54) is 12.8 Å². The van der Waals surface area contributed by atoms with Gasteiger partial charge in [-0.25, -0.2) is 9.78 Å². The lowest BCUT2D eigenvalue weighted by molar-refractivity contribution is 0.205. The topological polar surface area (TPSA) is 45.2 Å². The van der Waals surface area contributed by atoms with Gasteiger partial charge in [0.05, 0.1) is 0 Å². The van der Waals surface area contributed by atoms with E-state index in [1.807, 2.05) is 7.05 Å². The van der Waals surface area contributed by atoms with Crippen molar-refractivity contribution in [2.45, 2.75) is 31.7 Å². The average molecular weight is 254 g/mol. The lowest BCUT2D eigenvalue weighted by atomic mass is 10.2. The summed E-state index contributed by atoms with van der Waals surface area (Å²) in [4.78, 5) is 17.6. The van der Waals surface area contributed by atoms with Crippen LogP contribution in [-0.4, -0.2) is 29.0 Å². The van der Waals surface area contributed by atoms with Crippen molar-refractivity contribution in [1.29, 1.82) is 0 Å². The molecule has 0 aromatic carbocycles. The molecule has 0 spiro atoms. The van der Waals surface area contributed by atoms with Crippen molar-refractivity contribution >= 4 is 23.3 Å². The monoisotopic (exact) mass is 253 g/mol. The molecule has 92 valence electrons. The van der Waals surface area contributed by atoms with Gasteiger partial charge in [0, 0.05) is 25.0 Å². The van der Waals surface area contributed by atoms with E-state index in [9.17, 15) is 4.79 Å². The van der Waals surface area contributed by atoms with Crippen LogP contribution < -0.4 is 5.32 Å². The molecule has 1 aromatic heterocycles. The Morgan fingerprint density at radius 3 is 2.88 bits per heavy atom. The van der Waals surface area contributed by atoms with Crippen LogP contribution in [0.5, 0.6) is 0 Å². The van der Waals surface area contributed by atoms with Crippen LogP contribution in [-0.2, 0) is 0 Å². The highest BCUT2D eigenvalue weighted by Crippen LogP contribution is 2.23. The highest BCUT2D eigenvalue weighted by Gasteiger charge is 2.23. The van der Waals surface area contributed by atoms with Gasteiger partial charge in [0.15, 0.2) is 0 Å². The fourth-order valence-electron chi connectivity index (χ4n) is 2.15. The van der Waals surface area contributed by atoms with Gasteiger partial charge in [-0.1, -0.05) is 24.4 Å². The number of amides is 2. The Balaban J connectivity index is 1.96. The Morgan fingerprint density at radius 2 is 2.24 bits per heavy atom. The Kier molecular flexibility index (Phi) is 3.84. The van der Waals surface area contributed by atoms with Gasteiger partial charge in [0.25, 0.3) is 0 Å². The fraction of sp³-hybridized carbons (Fsp3) is 0.500. The minimum atomic E-state index is -0.0841. The van der Waals surface area contributed by atoms with Crippen LogP contribution in [0.15, 0.2) is 18.3 Å². The second kappa shape index (κ2) is 5.36. The number of hydrogen-bond acceptors (Lipinski definition) is 2. The van der Waals surface area contributed by atoms with Gasteiger partial charge < -0.3 is 10.2 Å². The molecule has 0 atom stereocenters. The molecule has 0 bridgehead atoms. The maximum absolute atomic E-state index is 12.0. The zero-order valence-corrected chi connectivity index (χ0v) is 10.6. The number of urea groups is 1. The maximum atomic E-state index is 12.0. The third-order valence-corrected chi connectivity index (χ3v) is 3.38. The average Bonchev–Trinajstić information content (AvgIpc) is 2.81. The van der Waals surface area contributed by atoms with Crippen LogP contribution in [0.1, 0.15) is 25.7 Å². The molecule has 0 saturated heterocycles. The molecule has 1 aliphatic carbocycles. The van der Waals surface area contributed by atoms with Crippen molar-refractivity contribution in [3.05, 3.63) is 23.5 Å². The Morgan fingerprint density at radius 1 is 1.53 bits per heavy atom. The van der Waals surface area contributed by atoms with E-state index in [1.54, 1.807) is 23.2 Å². The molecular formula is C12H16ClN3O. The van der Waals surface area contributed by atoms with E-state index >= 15 is 0 Å². The second-order valence-electron chi connectivity index (χ2n) is 4.35. The van der Waals surface area contributed by atoms with Gasteiger partial charge >= 0.3 is 6.03 Å². The van der Waals surface area contributed by atoms with Crippen molar-refractivity contribution in [3.63, 3.8) is 0 Å². The first-order valence-electron chi connectivity index (χ1n) is 5.82. The summed E-state index contributed by atoms with van der Waals surface area (Å²) in [5.74, 6) is 0. The molecule has 0 aliphatic heterocycles. The number of halogens is 1. The first-order valence-corrected chi connectivity index (χ1v) is 6.20. The number of anilines is 1. The number of hydrogen-bond donors (Lipinski definition) is 1. The summed E-state index contributed by atoms with van der Waals surface area (Å²) in [5, 5.41) is 3.20. The van der Waals surface area contributed by atoms with Crippen LogP contribution in [0.3, 0.4) is 0 Å². The zero-order valence-electron chi connectivity index (χ0n) is 9.82. The van der Waals surface area contributed by atoms with E-state index in [4.69, 9.17) is 11.6 Å². The summed E-state index contributed by atoms with van der Waals surface area (Å²) in [6.45, 7) is 0. The molecule has 1 heterocycles. The number of rotatable bonds is 2. The van der Waals surface area contributed by atoms with Crippen molar-refractivity contribution in [3.8, 4) is 0 Å². The Labute approximate surface area is 106 Å². The predicted octanol–water partition coefficient (Wildman–Crippen LogP) is 3.14. The Bertz CT molecular complexity index is 404. The van der Waals surface area contributed by atoms with E-state index in [-0.39, 0.29) is 6.03 Å². The molecule has 5 heteroatoms. The lowest BCUT2D eigenvalue weighted by Gasteiger charge is -2.24. The molecule has 1 saturated carbocycles. The summed E-state index contributed by atoms with van der Waals surface area (Å²) >= 11 is 5.76. The smallest absolute Gasteiger partial charge is 0.321 e. The highest BCUT2D eigenvalue weighted by molar-refractivity contribution is 6.29. The third-order valence-electron chi connectivity index (χ3n) is 3.17. The molecule has 2 rings (SSSR count). The molecule has 1 fully saturated rings. The standard InChI is InChI=1S/C12H16ClN3O/c1-16(10-4-2-3-5-10)12(17)15-9-6-7-14-11(13)8-9/h6-8,10H,2-5H2,1H3,(H,14,15,17). The first kappa shape index (κ1) is 12.2. The normalized spacial score (nSPS) is 15.9. The third kappa shape index (κ3) is 3.09. The van der Waals surface area contributed by atoms with E-state index < -0.39 is 0 Å². The van der Waals surface area contributed by atoms with Gasteiger partial charge in [-0.2, -0.15) is 0 Å². The zero-order chi connectivity index (χ0) is 12.3. The summed E-state index contributed by atoms with van der Waals surface area (Å²) < 4.78 is 0. The van der Waals surface area contributed by atoms with Crippen molar-refractivity contribution in [2.24, 2.45) is 0 Å². The second-order valence-corrected chi connectivity index (χ2v) is 4.73. The molecule has 0 radical (unpaired) electrons. The first-order chi connectivity index (χ1) is 8.16. The number of pyridine rings is 1. The summed E-state index contributed by atoms with van der Waals surface area (Å²) in [6.07, 6.45) is 6.20. The van der Waals surface area contributed by atoms with Crippen molar-refractivity contribution in [2.75, 3.05) is 12.4 Å². The minimum Gasteiger partial charge on any atom is -0.325 e. The van der Waals surface area contributed by atoms with E-state index in [0.717, 1.165) is 12.8 Å². The number of carbonyl (C=O) groups is 1. The summed E-state index contributed by atoms with van der Waals surface area (Å²) in [7, 11) is 1.84. The van der Waals surface area contributed by atoms with E-state index in [0.29, 0.717) is 16.9 Å². The van der Waals surface area contributed by atoms with Gasteiger partial charge in [0.1, 0.15) is 5.15 Å². The summed E-state index contributed by atoms with van der Waals surface area (Å²) in [6, 6.07) is 3.65. The minimum absolute atomic E-state index is 0.0841. The molecule has 1 aliphatic rings. The number of nitrogens with zero attached hydrogens (tertiary/aromatic N) is 2. The van der Waals surface area contributed by atoms with Gasteiger partial charge in [0.2, 0.25) is 0 Å². The number of nitrogens with one attached hydrogen (secondary N) is 1. The highest BCUT2D eigenvalue weighted by atomic mass is 35.5. The van der Waals surface area contributed by atoms with Crippen LogP contribution in [0, 0.1) is 0 Å². The Hall–Kier alpha value is -1.29. The van der Waals surface area contributed by atoms with Crippen LogP contribution in [0.4, 0.5) is 10.5 Å². The SMILES string of the molecule is CN(C(=O)Nc1ccnc(Cl)c1)C1CCCC1. The van der Waals surface area contributed by atoms with Crippen molar-refractivity contribution < 1.29 is 4.79 Å². The maximum Gasteiger partial charge on any atom is 0.321 e. The van der Waals surface area contributed by atoms with Gasteiger partial charge in [-0.15, -0.1) is 0 Å². The molecule has 1 N–H and O–H groups in total. The van der Waals surface area contributed by atoms with Crippen LogP contribution in [0.2, 0.25) is 5.15 Å². The van der Waals surface area contributed by atoms with Crippen molar-refractivity contribution in [1.82, 2.24) is 9.88 Å². The molecular weight excluding hydrogens is 238 g/mol. The van der Waals surface area contributed by atoms with Gasteiger partial charge in [-0.3, -0.25) is 0 Å². The lowest BCUT2D eigenvalue weighted by Crippen LogP contribution is -2.38. The molecule has 0 unspecified atom stereocenters. The quantitative estimate of drug-likeness (QED) is 0.823. The van der Waals surface area contributed by atoms with Gasteiger partial charge in [-0.05, 0) is 25.0 Å².